The predicted octanol–water partition coefficient (Wildman–Crippen LogP) is 4.60. The van der Waals surface area contributed by atoms with Crippen LogP contribution >= 0.6 is 0 Å². The lowest BCUT2D eigenvalue weighted by Gasteiger charge is -2.37. The molecule has 4 rings (SSSR count). The van der Waals surface area contributed by atoms with Gasteiger partial charge < -0.3 is 10.4 Å². The Bertz CT molecular complexity index is 1290. The number of carbonyl (C=O) groups excluding carboxylic acids is 1. The van der Waals surface area contributed by atoms with Crippen LogP contribution in [0.3, 0.4) is 0 Å². The van der Waals surface area contributed by atoms with Crippen LogP contribution in [0, 0.1) is 23.1 Å². The molecule has 0 spiro atoms. The average molecular weight is 563 g/mol. The lowest BCUT2D eigenvalue weighted by atomic mass is 9.95. The van der Waals surface area contributed by atoms with E-state index in [1.165, 1.54) is 6.07 Å². The van der Waals surface area contributed by atoms with Gasteiger partial charge in [0.05, 0.1) is 17.4 Å². The lowest BCUT2D eigenvalue weighted by molar-refractivity contribution is -0.260. The van der Waals surface area contributed by atoms with Gasteiger partial charge in [-0.3, -0.25) is 9.63 Å². The Morgan fingerprint density at radius 1 is 1.36 bits per heavy atom. The molecule has 10 heteroatoms. The molecule has 0 aromatic heterocycles. The van der Waals surface area contributed by atoms with Crippen LogP contribution in [-0.2, 0) is 25.8 Å². The van der Waals surface area contributed by atoms with Crippen LogP contribution in [0.25, 0.3) is 5.57 Å². The van der Waals surface area contributed by atoms with Crippen LogP contribution in [0.5, 0.6) is 0 Å². The fraction of sp³-hybridized carbons (Fsp3) is 0.586. The lowest BCUT2D eigenvalue weighted by Crippen LogP contribution is -2.54. The molecule has 0 radical (unpaired) electrons. The van der Waals surface area contributed by atoms with Crippen LogP contribution in [0.15, 0.2) is 40.4 Å². The molecule has 1 aromatic rings. The minimum Gasteiger partial charge on any atom is -0.400 e. The van der Waals surface area contributed by atoms with Crippen molar-refractivity contribution in [3.05, 3.63) is 53.0 Å². The molecule has 1 aromatic carbocycles. The van der Waals surface area contributed by atoms with E-state index in [1.807, 2.05) is 44.1 Å². The zero-order valence-electron chi connectivity index (χ0n) is 23.7. The molecule has 1 amide bonds. The molecule has 4 atom stereocenters. The van der Waals surface area contributed by atoms with E-state index in [-0.39, 0.29) is 25.7 Å². The minimum absolute atomic E-state index is 0. The third-order valence-corrected chi connectivity index (χ3v) is 7.55. The van der Waals surface area contributed by atoms with Gasteiger partial charge in [-0.1, -0.05) is 18.2 Å². The van der Waals surface area contributed by atoms with Crippen molar-refractivity contribution in [3.8, 4) is 6.07 Å². The first kappa shape index (κ1) is 31.0. The average Bonchev–Trinajstić information content (AvgIpc) is 3.46. The van der Waals surface area contributed by atoms with Crippen molar-refractivity contribution < 1.29 is 24.8 Å². The van der Waals surface area contributed by atoms with E-state index in [2.05, 4.69) is 15.7 Å². The van der Waals surface area contributed by atoms with Crippen LogP contribution < -0.4 is 5.32 Å². The van der Waals surface area contributed by atoms with E-state index >= 15 is 4.39 Å². The minimum atomic E-state index is -2.26. The molecule has 1 aliphatic heterocycles. The number of hydroxylamine groups is 2. The molecule has 1 unspecified atom stereocenters. The number of nitrogens with one attached hydrogen (secondary N) is 1. The van der Waals surface area contributed by atoms with Gasteiger partial charge in [-0.05, 0) is 87.6 Å². The number of amides is 1. The van der Waals surface area contributed by atoms with Crippen LogP contribution in [-0.4, -0.2) is 63.6 Å². The second-order valence-electron chi connectivity index (χ2n) is 11.5. The van der Waals surface area contributed by atoms with Gasteiger partial charge in [0.2, 0.25) is 5.91 Å². The summed E-state index contributed by atoms with van der Waals surface area (Å²) in [6.07, 6.45) is 11.4. The Labute approximate surface area is 233 Å². The summed E-state index contributed by atoms with van der Waals surface area (Å²) in [5.41, 5.74) is 2.21. The van der Waals surface area contributed by atoms with Crippen molar-refractivity contribution in [1.82, 2.24) is 10.4 Å². The molecular weight excluding hydrogens is 519 g/mol. The molecule has 1 heterocycles. The summed E-state index contributed by atoms with van der Waals surface area (Å²) in [5, 5.41) is 21.4. The molecule has 216 valence electrons. The molecule has 3 aliphatic rings. The van der Waals surface area contributed by atoms with E-state index in [0.717, 1.165) is 44.1 Å². The van der Waals surface area contributed by atoms with E-state index < -0.39 is 33.2 Å². The second kappa shape index (κ2) is 12.7. The number of aliphatic hydroxyl groups is 1. The van der Waals surface area contributed by atoms with Crippen molar-refractivity contribution in [1.29, 1.82) is 5.26 Å². The first-order valence-corrected chi connectivity index (χ1v) is 15.6. The molecule has 2 N–H and O–H groups in total. The molecule has 1 saturated carbocycles. The summed E-state index contributed by atoms with van der Waals surface area (Å²) < 4.78 is 31.5. The predicted molar refractivity (Wildman–Crippen MR) is 153 cm³/mol. The maximum absolute atomic E-state index is 15.1. The maximum atomic E-state index is 15.1. The number of rotatable bonds is 7. The van der Waals surface area contributed by atoms with Gasteiger partial charge in [-0.15, -0.1) is 0 Å². The third-order valence-electron chi connectivity index (χ3n) is 6.88. The van der Waals surface area contributed by atoms with E-state index in [0.29, 0.717) is 17.5 Å². The summed E-state index contributed by atoms with van der Waals surface area (Å²) in [6, 6.07) is 5.96. The number of piperidine rings is 1. The summed E-state index contributed by atoms with van der Waals surface area (Å²) in [6.45, 7) is 5.87. The number of halogens is 1. The van der Waals surface area contributed by atoms with E-state index in [4.69, 9.17) is 9.94 Å². The smallest absolute Gasteiger partial charge is 0.241 e. The van der Waals surface area contributed by atoms with Crippen molar-refractivity contribution in [2.75, 3.05) is 19.6 Å². The van der Waals surface area contributed by atoms with Gasteiger partial charge in [-0.25, -0.2) is 13.0 Å². The number of carbonyl (C=O) groups is 1. The molecule has 1 saturated heterocycles. The topological polar surface area (TPSA) is 115 Å². The first-order valence-electron chi connectivity index (χ1n) is 13.3. The number of aliphatic hydroxyl groups excluding tert-OH is 1. The SMILES string of the molecule is CC(C)(C)ON1[C@@H]2CCC(C2)[C@H]1C(=O)N[C@H](C#N)Cc1ccc(C2=CCCC(N=S(C)(C)=O)=C2)cc1F.CO.[HH]. The Hall–Kier alpha value is -2.58. The van der Waals surface area contributed by atoms with Crippen LogP contribution in [0.4, 0.5) is 4.39 Å². The zero-order valence-corrected chi connectivity index (χ0v) is 24.6. The van der Waals surface area contributed by atoms with Gasteiger partial charge in [0.25, 0.3) is 0 Å². The highest BCUT2D eigenvalue weighted by atomic mass is 32.2. The molecule has 2 bridgehead atoms. The standard InChI is InChI=1S/C28H37FN4O3S.CH4O.H2/c1-28(2,3)36-33-24-12-11-21(15-24)26(33)27(34)31-23(17-30)14-20-10-9-19(16-25(20)29)18-7-6-8-22(13-18)32-37(4,5)35;1-2;/h7,9-10,13,16,21,23-24,26H,6,8,11-12,14-15H2,1-5H3,(H,31,34);2H,1H3;1H/t21?,23-,24+,26-;;/m0../s1. The largest absolute Gasteiger partial charge is 0.400 e. The van der Waals surface area contributed by atoms with Gasteiger partial charge in [0.15, 0.2) is 0 Å². The highest BCUT2D eigenvalue weighted by Gasteiger charge is 2.51. The Morgan fingerprint density at radius 2 is 2.08 bits per heavy atom. The summed E-state index contributed by atoms with van der Waals surface area (Å²) in [4.78, 5) is 19.4. The monoisotopic (exact) mass is 562 g/mol. The van der Waals surface area contributed by atoms with Gasteiger partial charge in [-0.2, -0.15) is 10.3 Å². The number of hydrogen-bond donors (Lipinski definition) is 2. The molecule has 39 heavy (non-hydrogen) atoms. The highest BCUT2D eigenvalue weighted by Crippen LogP contribution is 2.43. The number of nitriles is 1. The number of hydrogen-bond acceptors (Lipinski definition) is 7. The maximum Gasteiger partial charge on any atom is 0.241 e. The van der Waals surface area contributed by atoms with Gasteiger partial charge in [0.1, 0.15) is 17.9 Å². The number of benzene rings is 1. The molecular formula is C29H43FN4O4S. The van der Waals surface area contributed by atoms with E-state index in [9.17, 15) is 14.3 Å². The zero-order chi connectivity index (χ0) is 29.0. The summed E-state index contributed by atoms with van der Waals surface area (Å²) in [5.74, 6) is -0.472. The first-order chi connectivity index (χ1) is 18.3. The van der Waals surface area contributed by atoms with Gasteiger partial charge in [0, 0.05) is 43.2 Å². The van der Waals surface area contributed by atoms with Gasteiger partial charge >= 0.3 is 0 Å². The van der Waals surface area contributed by atoms with Crippen molar-refractivity contribution in [2.24, 2.45) is 10.3 Å². The molecule has 2 fully saturated rings. The number of nitrogens with zero attached hydrogens (tertiary/aromatic N) is 3. The summed E-state index contributed by atoms with van der Waals surface area (Å²) >= 11 is 0. The second-order valence-corrected chi connectivity index (χ2v) is 14.1. The van der Waals surface area contributed by atoms with Crippen LogP contribution in [0.1, 0.15) is 65.4 Å². The normalized spacial score (nSPS) is 23.6. The fourth-order valence-electron chi connectivity index (χ4n) is 5.46. The number of allylic oxidation sites excluding steroid dienone is 4. The summed E-state index contributed by atoms with van der Waals surface area (Å²) in [7, 11) is -1.26. The van der Waals surface area contributed by atoms with Crippen LogP contribution in [0.2, 0.25) is 0 Å². The van der Waals surface area contributed by atoms with Crippen molar-refractivity contribution >= 4 is 21.2 Å². The third kappa shape index (κ3) is 8.21. The van der Waals surface area contributed by atoms with Crippen molar-refractivity contribution in [3.63, 3.8) is 0 Å². The number of fused-ring (bicyclic) bond motifs is 2. The Balaban J connectivity index is 0.00000183. The fourth-order valence-corrected chi connectivity index (χ4v) is 6.17. The Morgan fingerprint density at radius 3 is 2.69 bits per heavy atom. The van der Waals surface area contributed by atoms with E-state index in [1.54, 1.807) is 18.6 Å². The quantitative estimate of drug-likeness (QED) is 0.502. The van der Waals surface area contributed by atoms with Crippen molar-refractivity contribution in [2.45, 2.75) is 83.0 Å². The Kier molecular flexibility index (Phi) is 10.1. The molecule has 8 nitrogen and oxygen atoms in total. The highest BCUT2D eigenvalue weighted by molar-refractivity contribution is 7.92. The molecule has 2 aliphatic carbocycles.